The van der Waals surface area contributed by atoms with Crippen molar-refractivity contribution >= 4 is 40.1 Å². The topological polar surface area (TPSA) is 70.5 Å². The summed E-state index contributed by atoms with van der Waals surface area (Å²) in [6.45, 7) is 1.46. The zero-order chi connectivity index (χ0) is 14.5. The lowest BCUT2D eigenvalue weighted by Gasteiger charge is -2.17. The first-order valence-electron chi connectivity index (χ1n) is 5.80. The fourth-order valence-corrected chi connectivity index (χ4v) is 2.47. The molecular weight excluding hydrogens is 276 g/mol. The molecule has 0 aliphatic heterocycles. The Labute approximate surface area is 119 Å². The lowest BCUT2D eigenvalue weighted by molar-refractivity contribution is -0.131. The minimum atomic E-state index is -1.04. The summed E-state index contributed by atoms with van der Waals surface area (Å²) < 4.78 is 0. The number of aromatic nitrogens is 1. The normalized spacial score (nSPS) is 10.7. The molecule has 2 rings (SSSR count). The predicted molar refractivity (Wildman–Crippen MR) is 78.0 cm³/mol. The van der Waals surface area contributed by atoms with E-state index in [1.54, 1.807) is 5.38 Å². The number of hydrogen-bond donors (Lipinski definition) is 1. The van der Waals surface area contributed by atoms with Gasteiger partial charge in [-0.05, 0) is 18.2 Å². The van der Waals surface area contributed by atoms with E-state index in [1.807, 2.05) is 30.3 Å². The third kappa shape index (κ3) is 3.30. The van der Waals surface area contributed by atoms with Gasteiger partial charge in [0.25, 0.3) is 0 Å². The predicted octanol–water partition coefficient (Wildman–Crippen LogP) is 2.93. The fraction of sp³-hybridized carbons (Fsp3) is 0.0714. The van der Waals surface area contributed by atoms with E-state index in [2.05, 4.69) is 4.98 Å². The van der Waals surface area contributed by atoms with E-state index in [1.165, 1.54) is 29.2 Å². The standard InChI is InChI=1S/C14H12N2O3S/c1-10(17)16(12-5-3-2-4-6-12)14-15-11(9-20-14)7-8-13(18)19/h2-9H,1H3,(H,18,19). The van der Waals surface area contributed by atoms with Crippen LogP contribution in [0.5, 0.6) is 0 Å². The molecule has 0 saturated carbocycles. The number of anilines is 2. The monoisotopic (exact) mass is 288 g/mol. The van der Waals surface area contributed by atoms with Crippen molar-refractivity contribution in [2.45, 2.75) is 6.92 Å². The average Bonchev–Trinajstić information content (AvgIpc) is 2.86. The second-order valence-corrected chi connectivity index (χ2v) is 4.75. The largest absolute Gasteiger partial charge is 0.478 e. The molecule has 0 saturated heterocycles. The summed E-state index contributed by atoms with van der Waals surface area (Å²) in [4.78, 5) is 28.0. The zero-order valence-corrected chi connectivity index (χ0v) is 11.5. The van der Waals surface area contributed by atoms with Crippen molar-refractivity contribution in [3.05, 3.63) is 47.5 Å². The number of thiazole rings is 1. The Morgan fingerprint density at radius 1 is 1.30 bits per heavy atom. The Balaban J connectivity index is 2.32. The van der Waals surface area contributed by atoms with Crippen molar-refractivity contribution in [3.8, 4) is 0 Å². The van der Waals surface area contributed by atoms with Gasteiger partial charge in [0.15, 0.2) is 5.13 Å². The van der Waals surface area contributed by atoms with Gasteiger partial charge in [0.2, 0.25) is 5.91 Å². The molecule has 102 valence electrons. The molecule has 1 N–H and O–H groups in total. The van der Waals surface area contributed by atoms with E-state index in [4.69, 9.17) is 5.11 Å². The SMILES string of the molecule is CC(=O)N(c1ccccc1)c1nc(C=CC(=O)O)cs1. The Kier molecular flexibility index (Phi) is 4.27. The summed E-state index contributed by atoms with van der Waals surface area (Å²) in [5, 5.41) is 10.8. The van der Waals surface area contributed by atoms with Crippen molar-refractivity contribution < 1.29 is 14.7 Å². The number of benzene rings is 1. The summed E-state index contributed by atoms with van der Waals surface area (Å²) in [5.41, 5.74) is 1.23. The van der Waals surface area contributed by atoms with Crippen LogP contribution in [0.25, 0.3) is 6.08 Å². The fourth-order valence-electron chi connectivity index (χ4n) is 1.62. The zero-order valence-electron chi connectivity index (χ0n) is 10.7. The third-order valence-electron chi connectivity index (χ3n) is 2.43. The van der Waals surface area contributed by atoms with Crippen molar-refractivity contribution in [1.29, 1.82) is 0 Å². The minimum Gasteiger partial charge on any atom is -0.478 e. The van der Waals surface area contributed by atoms with E-state index in [9.17, 15) is 9.59 Å². The number of carbonyl (C=O) groups is 2. The number of aliphatic carboxylic acids is 1. The Bertz CT molecular complexity index is 649. The maximum atomic E-state index is 11.8. The molecule has 0 unspecified atom stereocenters. The van der Waals surface area contributed by atoms with Crippen molar-refractivity contribution in [1.82, 2.24) is 4.98 Å². The van der Waals surface area contributed by atoms with Crippen LogP contribution in [0.4, 0.5) is 10.8 Å². The molecule has 0 atom stereocenters. The number of hydrogen-bond acceptors (Lipinski definition) is 4. The summed E-state index contributed by atoms with van der Waals surface area (Å²) in [5.74, 6) is -1.19. The van der Waals surface area contributed by atoms with E-state index in [0.717, 1.165) is 11.8 Å². The average molecular weight is 288 g/mol. The second kappa shape index (κ2) is 6.12. The van der Waals surface area contributed by atoms with E-state index in [-0.39, 0.29) is 5.91 Å². The highest BCUT2D eigenvalue weighted by Gasteiger charge is 2.16. The first kappa shape index (κ1) is 14.0. The van der Waals surface area contributed by atoms with Gasteiger partial charge in [0.1, 0.15) is 0 Å². The maximum absolute atomic E-state index is 11.8. The lowest BCUT2D eigenvalue weighted by atomic mass is 10.3. The molecule has 0 aliphatic carbocycles. The molecule has 0 radical (unpaired) electrons. The molecule has 20 heavy (non-hydrogen) atoms. The highest BCUT2D eigenvalue weighted by Crippen LogP contribution is 2.28. The molecule has 1 aromatic heterocycles. The van der Waals surface area contributed by atoms with E-state index < -0.39 is 5.97 Å². The van der Waals surface area contributed by atoms with Gasteiger partial charge in [-0.25, -0.2) is 9.78 Å². The van der Waals surface area contributed by atoms with Gasteiger partial charge >= 0.3 is 5.97 Å². The quantitative estimate of drug-likeness (QED) is 0.878. The highest BCUT2D eigenvalue weighted by atomic mass is 32.1. The van der Waals surface area contributed by atoms with Gasteiger partial charge in [0, 0.05) is 18.4 Å². The maximum Gasteiger partial charge on any atom is 0.328 e. The molecule has 1 aromatic carbocycles. The molecule has 0 aliphatic rings. The minimum absolute atomic E-state index is 0.153. The lowest BCUT2D eigenvalue weighted by Crippen LogP contribution is -2.22. The summed E-state index contributed by atoms with van der Waals surface area (Å²) in [7, 11) is 0. The van der Waals surface area contributed by atoms with Crippen LogP contribution >= 0.6 is 11.3 Å². The van der Waals surface area contributed by atoms with Crippen LogP contribution in [0, 0.1) is 0 Å². The van der Waals surface area contributed by atoms with Crippen molar-refractivity contribution in [2.24, 2.45) is 0 Å². The molecule has 1 amide bonds. The van der Waals surface area contributed by atoms with Crippen LogP contribution in [0.15, 0.2) is 41.8 Å². The van der Waals surface area contributed by atoms with Crippen molar-refractivity contribution in [3.63, 3.8) is 0 Å². The molecule has 0 spiro atoms. The Morgan fingerprint density at radius 2 is 2.00 bits per heavy atom. The molecule has 2 aromatic rings. The van der Waals surface area contributed by atoms with Crippen LogP contribution in [-0.2, 0) is 9.59 Å². The molecule has 1 heterocycles. The van der Waals surface area contributed by atoms with E-state index >= 15 is 0 Å². The molecular formula is C14H12N2O3S. The van der Waals surface area contributed by atoms with Gasteiger partial charge < -0.3 is 5.11 Å². The van der Waals surface area contributed by atoms with Crippen LogP contribution in [-0.4, -0.2) is 22.0 Å². The summed E-state index contributed by atoms with van der Waals surface area (Å²) in [6.07, 6.45) is 2.41. The number of nitrogens with zero attached hydrogens (tertiary/aromatic N) is 2. The number of amides is 1. The summed E-state index contributed by atoms with van der Waals surface area (Å²) in [6, 6.07) is 9.17. The van der Waals surface area contributed by atoms with Crippen LogP contribution in [0.2, 0.25) is 0 Å². The third-order valence-corrected chi connectivity index (χ3v) is 3.27. The number of para-hydroxylation sites is 1. The summed E-state index contributed by atoms with van der Waals surface area (Å²) >= 11 is 1.28. The number of carboxylic acids is 1. The Morgan fingerprint density at radius 3 is 2.60 bits per heavy atom. The van der Waals surface area contributed by atoms with Gasteiger partial charge in [0.05, 0.1) is 11.4 Å². The smallest absolute Gasteiger partial charge is 0.328 e. The van der Waals surface area contributed by atoms with Gasteiger partial charge in [-0.3, -0.25) is 9.69 Å². The van der Waals surface area contributed by atoms with Crippen molar-refractivity contribution in [2.75, 3.05) is 4.90 Å². The van der Waals surface area contributed by atoms with Crippen LogP contribution in [0.3, 0.4) is 0 Å². The second-order valence-electron chi connectivity index (χ2n) is 3.92. The molecule has 5 nitrogen and oxygen atoms in total. The van der Waals surface area contributed by atoms with E-state index in [0.29, 0.717) is 10.8 Å². The highest BCUT2D eigenvalue weighted by molar-refractivity contribution is 7.14. The van der Waals surface area contributed by atoms with Gasteiger partial charge in [-0.2, -0.15) is 0 Å². The van der Waals surface area contributed by atoms with Gasteiger partial charge in [-0.1, -0.05) is 18.2 Å². The first-order valence-corrected chi connectivity index (χ1v) is 6.68. The first-order chi connectivity index (χ1) is 9.58. The number of carboxylic acid groups (broad SMARTS) is 1. The number of rotatable bonds is 4. The molecule has 0 bridgehead atoms. The number of carbonyl (C=O) groups excluding carboxylic acids is 1. The molecule has 0 fully saturated rings. The molecule has 6 heteroatoms. The van der Waals surface area contributed by atoms with Crippen LogP contribution in [0.1, 0.15) is 12.6 Å². The van der Waals surface area contributed by atoms with Gasteiger partial charge in [-0.15, -0.1) is 11.3 Å². The van der Waals surface area contributed by atoms with Crippen LogP contribution < -0.4 is 4.90 Å². The Hall–Kier alpha value is -2.47.